The van der Waals surface area contributed by atoms with E-state index in [9.17, 15) is 9.90 Å². The van der Waals surface area contributed by atoms with Gasteiger partial charge < -0.3 is 19.3 Å². The van der Waals surface area contributed by atoms with E-state index in [-0.39, 0.29) is 0 Å². The minimum Gasteiger partial charge on any atom is -0.497 e. The molecule has 2 aromatic carbocycles. The smallest absolute Gasteiger partial charge is 0.350 e. The normalized spacial score (nSPS) is 13.0. The Labute approximate surface area is 129 Å². The van der Waals surface area contributed by atoms with Crippen LogP contribution in [-0.2, 0) is 9.53 Å². The summed E-state index contributed by atoms with van der Waals surface area (Å²) in [6.45, 7) is 0. The Kier molecular flexibility index (Phi) is 5.38. The van der Waals surface area contributed by atoms with Crippen molar-refractivity contribution in [3.05, 3.63) is 60.2 Å². The van der Waals surface area contributed by atoms with Crippen LogP contribution in [0.3, 0.4) is 0 Å². The number of methoxy groups -OCH3 is 2. The van der Waals surface area contributed by atoms with Gasteiger partial charge in [0.05, 0.1) is 14.2 Å². The fraction of sp³-hybridized carbons (Fsp3) is 0.235. The van der Waals surface area contributed by atoms with Crippen LogP contribution in [0, 0.1) is 0 Å². The van der Waals surface area contributed by atoms with Gasteiger partial charge >= 0.3 is 5.97 Å². The molecule has 0 fully saturated rings. The van der Waals surface area contributed by atoms with Crippen LogP contribution in [0.15, 0.2) is 54.6 Å². The third kappa shape index (κ3) is 3.77. The first-order valence-corrected chi connectivity index (χ1v) is 6.77. The van der Waals surface area contributed by atoms with Crippen molar-refractivity contribution >= 4 is 5.97 Å². The van der Waals surface area contributed by atoms with Gasteiger partial charge in [-0.25, -0.2) is 4.79 Å². The SMILES string of the molecule is COC(=O)[C@@H](Oc1ccc(OC)cc1)[C@H](O)c1ccccc1. The van der Waals surface area contributed by atoms with Gasteiger partial charge in [0, 0.05) is 0 Å². The summed E-state index contributed by atoms with van der Waals surface area (Å²) in [5.41, 5.74) is 0.575. The second-order valence-electron chi connectivity index (χ2n) is 4.59. The average molecular weight is 302 g/mol. The fourth-order valence-electron chi connectivity index (χ4n) is 1.98. The van der Waals surface area contributed by atoms with E-state index in [1.54, 1.807) is 55.6 Å². The highest BCUT2D eigenvalue weighted by molar-refractivity contribution is 5.76. The maximum atomic E-state index is 11.9. The number of esters is 1. The highest BCUT2D eigenvalue weighted by Crippen LogP contribution is 2.24. The van der Waals surface area contributed by atoms with Gasteiger partial charge in [-0.1, -0.05) is 30.3 Å². The molecule has 0 bridgehead atoms. The Morgan fingerprint density at radius 2 is 1.55 bits per heavy atom. The number of carbonyl (C=O) groups is 1. The van der Waals surface area contributed by atoms with Gasteiger partial charge in [0.15, 0.2) is 0 Å². The zero-order valence-electron chi connectivity index (χ0n) is 12.4. The zero-order valence-corrected chi connectivity index (χ0v) is 12.4. The number of hydrogen-bond donors (Lipinski definition) is 1. The monoisotopic (exact) mass is 302 g/mol. The molecule has 1 N–H and O–H groups in total. The number of ether oxygens (including phenoxy) is 3. The Morgan fingerprint density at radius 1 is 0.955 bits per heavy atom. The standard InChI is InChI=1S/C17H18O5/c1-20-13-8-10-14(11-9-13)22-16(17(19)21-2)15(18)12-6-4-3-5-7-12/h3-11,15-16,18H,1-2H3/t15-,16+/m1/s1. The maximum absolute atomic E-state index is 11.9. The van der Waals surface area contributed by atoms with Crippen LogP contribution >= 0.6 is 0 Å². The highest BCUT2D eigenvalue weighted by Gasteiger charge is 2.31. The number of carbonyl (C=O) groups excluding carboxylic acids is 1. The molecule has 0 aliphatic carbocycles. The van der Waals surface area contributed by atoms with Crippen LogP contribution in [0.1, 0.15) is 11.7 Å². The van der Waals surface area contributed by atoms with E-state index in [1.807, 2.05) is 6.07 Å². The first-order chi connectivity index (χ1) is 10.7. The lowest BCUT2D eigenvalue weighted by Crippen LogP contribution is -2.35. The summed E-state index contributed by atoms with van der Waals surface area (Å²) in [6, 6.07) is 15.6. The van der Waals surface area contributed by atoms with Crippen LogP contribution in [0.2, 0.25) is 0 Å². The van der Waals surface area contributed by atoms with Crippen molar-refractivity contribution in [2.45, 2.75) is 12.2 Å². The van der Waals surface area contributed by atoms with E-state index in [0.717, 1.165) is 0 Å². The Balaban J connectivity index is 2.20. The molecule has 0 spiro atoms. The second kappa shape index (κ2) is 7.47. The van der Waals surface area contributed by atoms with E-state index in [2.05, 4.69) is 0 Å². The number of hydrogen-bond acceptors (Lipinski definition) is 5. The lowest BCUT2D eigenvalue weighted by Gasteiger charge is -2.22. The van der Waals surface area contributed by atoms with Gasteiger partial charge in [0.1, 0.15) is 17.6 Å². The van der Waals surface area contributed by atoms with Crippen molar-refractivity contribution in [2.24, 2.45) is 0 Å². The summed E-state index contributed by atoms with van der Waals surface area (Å²) in [5.74, 6) is 0.462. The summed E-state index contributed by atoms with van der Waals surface area (Å²) in [4.78, 5) is 11.9. The molecule has 2 aromatic rings. The van der Waals surface area contributed by atoms with E-state index < -0.39 is 18.2 Å². The first-order valence-electron chi connectivity index (χ1n) is 6.77. The number of aliphatic hydroxyl groups excluding tert-OH is 1. The average Bonchev–Trinajstić information content (AvgIpc) is 2.59. The van der Waals surface area contributed by atoms with Crippen molar-refractivity contribution in [2.75, 3.05) is 14.2 Å². The zero-order chi connectivity index (χ0) is 15.9. The molecule has 5 nitrogen and oxygen atoms in total. The third-order valence-corrected chi connectivity index (χ3v) is 3.18. The van der Waals surface area contributed by atoms with Gasteiger partial charge in [-0.15, -0.1) is 0 Å². The largest absolute Gasteiger partial charge is 0.497 e. The number of aliphatic hydroxyl groups is 1. The lowest BCUT2D eigenvalue weighted by molar-refractivity contribution is -0.154. The molecule has 0 amide bonds. The summed E-state index contributed by atoms with van der Waals surface area (Å²) < 4.78 is 15.4. The van der Waals surface area contributed by atoms with Crippen molar-refractivity contribution in [3.63, 3.8) is 0 Å². The van der Waals surface area contributed by atoms with E-state index in [0.29, 0.717) is 17.1 Å². The number of rotatable bonds is 6. The summed E-state index contributed by atoms with van der Waals surface area (Å²) in [7, 11) is 2.82. The molecule has 0 unspecified atom stereocenters. The van der Waals surface area contributed by atoms with Crippen molar-refractivity contribution in [1.82, 2.24) is 0 Å². The molecular weight excluding hydrogens is 284 g/mol. The molecule has 0 aliphatic rings. The minimum absolute atomic E-state index is 0.436. The Morgan fingerprint density at radius 3 is 2.09 bits per heavy atom. The van der Waals surface area contributed by atoms with Crippen molar-refractivity contribution < 1.29 is 24.1 Å². The van der Waals surface area contributed by atoms with Gasteiger partial charge in [-0.2, -0.15) is 0 Å². The van der Waals surface area contributed by atoms with Crippen LogP contribution in [-0.4, -0.2) is 31.4 Å². The molecule has 2 atom stereocenters. The second-order valence-corrected chi connectivity index (χ2v) is 4.59. The maximum Gasteiger partial charge on any atom is 0.350 e. The van der Waals surface area contributed by atoms with E-state index in [1.165, 1.54) is 7.11 Å². The molecular formula is C17H18O5. The summed E-state index contributed by atoms with van der Waals surface area (Å²) >= 11 is 0. The van der Waals surface area contributed by atoms with Crippen LogP contribution < -0.4 is 9.47 Å². The predicted octanol–water partition coefficient (Wildman–Crippen LogP) is 2.35. The topological polar surface area (TPSA) is 65.0 Å². The van der Waals surface area contributed by atoms with Crippen LogP contribution in [0.25, 0.3) is 0 Å². The van der Waals surface area contributed by atoms with Crippen LogP contribution in [0.5, 0.6) is 11.5 Å². The van der Waals surface area contributed by atoms with Gasteiger partial charge in [0.25, 0.3) is 0 Å². The molecule has 0 aromatic heterocycles. The molecule has 5 heteroatoms. The molecule has 0 heterocycles. The molecule has 0 saturated carbocycles. The van der Waals surface area contributed by atoms with Gasteiger partial charge in [0.2, 0.25) is 6.10 Å². The first kappa shape index (κ1) is 15.9. The summed E-state index contributed by atoms with van der Waals surface area (Å²) in [6.07, 6.45) is -2.28. The van der Waals surface area contributed by atoms with Crippen molar-refractivity contribution in [1.29, 1.82) is 0 Å². The molecule has 0 saturated heterocycles. The fourth-order valence-corrected chi connectivity index (χ4v) is 1.98. The van der Waals surface area contributed by atoms with Gasteiger partial charge in [-0.3, -0.25) is 0 Å². The van der Waals surface area contributed by atoms with E-state index in [4.69, 9.17) is 14.2 Å². The Bertz CT molecular complexity index is 594. The molecule has 0 radical (unpaired) electrons. The molecule has 22 heavy (non-hydrogen) atoms. The quantitative estimate of drug-likeness (QED) is 0.830. The number of benzene rings is 2. The third-order valence-electron chi connectivity index (χ3n) is 3.18. The molecule has 116 valence electrons. The highest BCUT2D eigenvalue weighted by atomic mass is 16.6. The van der Waals surface area contributed by atoms with Crippen molar-refractivity contribution in [3.8, 4) is 11.5 Å². The molecule has 2 rings (SSSR count). The minimum atomic E-state index is -1.15. The van der Waals surface area contributed by atoms with E-state index >= 15 is 0 Å². The van der Waals surface area contributed by atoms with Gasteiger partial charge in [-0.05, 0) is 29.8 Å². The lowest BCUT2D eigenvalue weighted by atomic mass is 10.0. The Hall–Kier alpha value is -2.53. The predicted molar refractivity (Wildman–Crippen MR) is 80.8 cm³/mol. The van der Waals surface area contributed by atoms with Crippen LogP contribution in [0.4, 0.5) is 0 Å². The molecule has 0 aliphatic heterocycles. The summed E-state index contributed by atoms with van der Waals surface area (Å²) in [5, 5.41) is 10.4.